The third-order valence-electron chi connectivity index (χ3n) is 12.0. The van der Waals surface area contributed by atoms with Gasteiger partial charge in [0, 0.05) is 59.9 Å². The van der Waals surface area contributed by atoms with Crippen LogP contribution in [0.2, 0.25) is 0 Å². The molecule has 2 N–H and O–H groups in total. The Bertz CT molecular complexity index is 1990. The van der Waals surface area contributed by atoms with Crippen LogP contribution in [0.25, 0.3) is 22.2 Å². The highest BCUT2D eigenvalue weighted by atomic mass is 32.2. The van der Waals surface area contributed by atoms with Gasteiger partial charge in [-0.3, -0.25) is 29.4 Å². The number of benzene rings is 1. The summed E-state index contributed by atoms with van der Waals surface area (Å²) in [4.78, 5) is 51.9. The number of amides is 2. The number of nitrogens with zero attached hydrogens (tertiary/aromatic N) is 4. The maximum absolute atomic E-state index is 14.5. The molecule has 7 rings (SSSR count). The quantitative estimate of drug-likeness (QED) is 0.251. The predicted octanol–water partition coefficient (Wildman–Crippen LogP) is 5.98. The molecule has 1 unspecified atom stereocenters. The average molecular weight is 791 g/mol. The average Bonchev–Trinajstić information content (AvgIpc) is 3.49. The zero-order chi connectivity index (χ0) is 39.9. The van der Waals surface area contributed by atoms with Gasteiger partial charge in [-0.1, -0.05) is 33.8 Å². The largest absolute Gasteiger partial charge is 0.464 e. The Morgan fingerprint density at radius 2 is 2.00 bits per heavy atom. The summed E-state index contributed by atoms with van der Waals surface area (Å²) in [6.45, 7) is 12.5. The number of methoxy groups -OCH3 is 1. The van der Waals surface area contributed by atoms with E-state index in [4.69, 9.17) is 24.2 Å². The Morgan fingerprint density at radius 3 is 2.71 bits per heavy atom. The van der Waals surface area contributed by atoms with E-state index in [2.05, 4.69) is 60.3 Å². The molecule has 2 amide bonds. The number of carbonyl (C=O) groups is 3. The van der Waals surface area contributed by atoms with E-state index in [1.165, 1.54) is 16.8 Å². The number of halogens is 1. The summed E-state index contributed by atoms with van der Waals surface area (Å²) in [6.07, 6.45) is 2.11. The first kappa shape index (κ1) is 40.4. The molecule has 12 nitrogen and oxygen atoms in total. The number of aromatic nitrogens is 2. The number of hydrazine groups is 1. The number of alkyl halides is 1. The Morgan fingerprint density at radius 1 is 1.21 bits per heavy atom. The van der Waals surface area contributed by atoms with Gasteiger partial charge in [0.2, 0.25) is 5.91 Å². The summed E-state index contributed by atoms with van der Waals surface area (Å²) < 4.78 is 34.1. The molecule has 302 valence electrons. The lowest BCUT2D eigenvalue weighted by atomic mass is 9.84. The molecule has 1 aliphatic carbocycles. The number of ether oxygens (including phenoxy) is 3. The van der Waals surface area contributed by atoms with Crippen LogP contribution in [0, 0.1) is 23.2 Å². The number of aryl methyl sites for hydroxylation is 1. The monoisotopic (exact) mass is 790 g/mol. The lowest BCUT2D eigenvalue weighted by Crippen LogP contribution is -2.63. The van der Waals surface area contributed by atoms with Gasteiger partial charge in [0.25, 0.3) is 5.91 Å². The van der Waals surface area contributed by atoms with Gasteiger partial charge in [0.15, 0.2) is 0 Å². The van der Waals surface area contributed by atoms with Gasteiger partial charge in [-0.2, -0.15) is 0 Å². The van der Waals surface area contributed by atoms with Gasteiger partial charge < -0.3 is 24.1 Å². The summed E-state index contributed by atoms with van der Waals surface area (Å²) in [5.74, 6) is -0.496. The van der Waals surface area contributed by atoms with Crippen molar-refractivity contribution in [3.05, 3.63) is 53.3 Å². The van der Waals surface area contributed by atoms with E-state index in [1.54, 1.807) is 13.3 Å². The molecule has 8 atom stereocenters. The summed E-state index contributed by atoms with van der Waals surface area (Å²) >= 11 is 1.46. The van der Waals surface area contributed by atoms with Crippen molar-refractivity contribution < 1.29 is 33.0 Å². The lowest BCUT2D eigenvalue weighted by Gasteiger charge is -2.37. The maximum atomic E-state index is 14.5. The van der Waals surface area contributed by atoms with E-state index in [9.17, 15) is 18.8 Å². The number of hydrogen-bond donors (Lipinski definition) is 2. The molecular weight excluding hydrogens is 736 g/mol. The molecule has 56 heavy (non-hydrogen) atoms. The second-order valence-electron chi connectivity index (χ2n) is 16.4. The van der Waals surface area contributed by atoms with Gasteiger partial charge in [0.05, 0.1) is 36.7 Å². The summed E-state index contributed by atoms with van der Waals surface area (Å²) in [5.41, 5.74) is 8.65. The van der Waals surface area contributed by atoms with Crippen molar-refractivity contribution in [2.24, 2.45) is 28.2 Å². The van der Waals surface area contributed by atoms with E-state index >= 15 is 0 Å². The number of thioether (sulfide) groups is 1. The van der Waals surface area contributed by atoms with Gasteiger partial charge in [-0.15, -0.1) is 11.8 Å². The van der Waals surface area contributed by atoms with Crippen molar-refractivity contribution in [1.82, 2.24) is 25.3 Å². The molecule has 0 radical (unpaired) electrons. The second kappa shape index (κ2) is 16.6. The van der Waals surface area contributed by atoms with Crippen molar-refractivity contribution in [1.29, 1.82) is 0 Å². The molecular formula is C42H55FN6O6S. The molecule has 2 fully saturated rings. The fourth-order valence-corrected chi connectivity index (χ4v) is 9.72. The number of cyclic esters (lactones) is 1. The molecule has 14 heteroatoms. The first-order chi connectivity index (χ1) is 26.9. The van der Waals surface area contributed by atoms with Crippen LogP contribution in [0.4, 0.5) is 4.39 Å². The van der Waals surface area contributed by atoms with Crippen LogP contribution in [0.3, 0.4) is 0 Å². The first-order valence-electron chi connectivity index (χ1n) is 19.9. The third kappa shape index (κ3) is 7.86. The molecule has 6 bridgehead atoms. The fourth-order valence-electron chi connectivity index (χ4n) is 8.55. The zero-order valence-electron chi connectivity index (χ0n) is 33.5. The second-order valence-corrected chi connectivity index (χ2v) is 17.5. The Balaban J connectivity index is 1.38. The van der Waals surface area contributed by atoms with Gasteiger partial charge in [0.1, 0.15) is 29.9 Å². The molecule has 3 aliphatic heterocycles. The van der Waals surface area contributed by atoms with Crippen molar-refractivity contribution in [3.8, 4) is 11.3 Å². The number of rotatable bonds is 9. The number of fused-ring (bicyclic) bond motifs is 5. The maximum Gasteiger partial charge on any atom is 0.324 e. The number of aliphatic imine (C=N–C) groups is 1. The fraction of sp³-hybridized carbons (Fsp3) is 0.595. The van der Waals surface area contributed by atoms with Crippen molar-refractivity contribution in [3.63, 3.8) is 0 Å². The normalized spacial score (nSPS) is 28.4. The van der Waals surface area contributed by atoms with Crippen molar-refractivity contribution in [2.75, 3.05) is 39.3 Å². The number of carbonyl (C=O) groups excluding carboxylic acids is 3. The molecule has 3 aromatic rings. The number of hydrogen-bond acceptors (Lipinski definition) is 10. The van der Waals surface area contributed by atoms with E-state index in [0.717, 1.165) is 39.0 Å². The number of nitrogens with one attached hydrogen (secondary N) is 2. The lowest BCUT2D eigenvalue weighted by molar-refractivity contribution is -0.156. The topological polar surface area (TPSA) is 136 Å². The van der Waals surface area contributed by atoms with E-state index in [1.807, 2.05) is 26.8 Å². The predicted molar refractivity (Wildman–Crippen MR) is 215 cm³/mol. The summed E-state index contributed by atoms with van der Waals surface area (Å²) in [6, 6.07) is 8.24. The molecule has 2 aromatic heterocycles. The minimum absolute atomic E-state index is 0.146. The van der Waals surface area contributed by atoms with Gasteiger partial charge >= 0.3 is 5.97 Å². The van der Waals surface area contributed by atoms with Crippen molar-refractivity contribution >= 4 is 45.5 Å². The van der Waals surface area contributed by atoms with Crippen LogP contribution in [0.1, 0.15) is 83.4 Å². The summed E-state index contributed by atoms with van der Waals surface area (Å²) in [5, 5.41) is 5.98. The number of pyridine rings is 1. The van der Waals surface area contributed by atoms with Crippen LogP contribution < -0.4 is 10.7 Å². The minimum Gasteiger partial charge on any atom is -0.464 e. The Kier molecular flexibility index (Phi) is 11.9. The molecule has 5 heterocycles. The first-order valence-corrected chi connectivity index (χ1v) is 20.9. The zero-order valence-corrected chi connectivity index (χ0v) is 34.3. The van der Waals surface area contributed by atoms with Gasteiger partial charge in [-0.25, -0.2) is 9.82 Å². The smallest absolute Gasteiger partial charge is 0.324 e. The van der Waals surface area contributed by atoms with Crippen LogP contribution in [0.5, 0.6) is 0 Å². The van der Waals surface area contributed by atoms with Gasteiger partial charge in [-0.05, 0) is 80.3 Å². The van der Waals surface area contributed by atoms with Crippen molar-refractivity contribution in [2.45, 2.75) is 97.7 Å². The SMILES string of the molecule is CCn1c(-c2cccnc2[C@H](C)OC)c2c3cc(ccc31)C1CSC(=N1)[C@@H](OCCF)[C@H](NC(=O)[C@H]1[C@H](C)[C@@H]1C)C(=O)N1CCC[C@H](N1)C(=O)OCC(C)(C)C2. The van der Waals surface area contributed by atoms with E-state index < -0.39 is 42.2 Å². The van der Waals surface area contributed by atoms with Crippen LogP contribution in [0.15, 0.2) is 41.5 Å². The third-order valence-corrected chi connectivity index (χ3v) is 13.1. The highest BCUT2D eigenvalue weighted by molar-refractivity contribution is 8.14. The molecule has 1 aromatic carbocycles. The Hall–Kier alpha value is -3.85. The highest BCUT2D eigenvalue weighted by Crippen LogP contribution is 2.46. The summed E-state index contributed by atoms with van der Waals surface area (Å²) in [7, 11) is 1.68. The number of esters is 1. The molecule has 0 spiro atoms. The van der Waals surface area contributed by atoms with Crippen LogP contribution >= 0.6 is 11.8 Å². The van der Waals surface area contributed by atoms with E-state index in [-0.39, 0.29) is 49.0 Å². The molecule has 1 saturated heterocycles. The molecule has 1 saturated carbocycles. The van der Waals surface area contributed by atoms with E-state index in [0.29, 0.717) is 43.1 Å². The standard InChI is InChI=1S/C42H55FN6O6S/c1-8-48-32-14-13-26-19-28(32)29(36(48)27-11-9-16-44-34(27)25(4)53-7)20-42(5,6)22-55-41(52)30-12-10-17-49(47-30)40(51)35(46-38(50)33-23(2)24(33)3)37(54-18-15-43)39-45-31(26)21-56-39/h9,11,13-14,16,19,23-25,30-31,33,35,37,47H,8,10,12,15,17-18,20-22H2,1-7H3,(H,46,50)/t23-,24+,25-,30-,31?,33+,35-,37-/m0/s1. The Labute approximate surface area is 332 Å². The minimum atomic E-state index is -1.20. The molecule has 4 aliphatic rings. The van der Waals surface area contributed by atoms with Crippen LogP contribution in [-0.2, 0) is 41.6 Å². The van der Waals surface area contributed by atoms with Crippen LogP contribution in [-0.4, -0.2) is 94.9 Å². The highest BCUT2D eigenvalue weighted by Gasteiger charge is 2.50.